The predicted molar refractivity (Wildman–Crippen MR) is 75.6 cm³/mol. The average Bonchev–Trinajstić information content (AvgIpc) is 3.06. The highest BCUT2D eigenvalue weighted by atomic mass is 16.2. The molecule has 1 rings (SSSR count). The molecule has 0 unspecified atom stereocenters. The average molecular weight is 269 g/mol. The van der Waals surface area contributed by atoms with Gasteiger partial charge in [-0.2, -0.15) is 0 Å². The molecule has 0 aliphatic heterocycles. The summed E-state index contributed by atoms with van der Waals surface area (Å²) < 4.78 is 0. The lowest BCUT2D eigenvalue weighted by atomic mass is 9.85. The van der Waals surface area contributed by atoms with Gasteiger partial charge < -0.3 is 16.0 Å². The molecule has 1 fully saturated rings. The molecule has 110 valence electrons. The van der Waals surface area contributed by atoms with Crippen molar-refractivity contribution in [1.82, 2.24) is 10.2 Å². The maximum atomic E-state index is 12.6. The number of amides is 3. The van der Waals surface area contributed by atoms with E-state index in [2.05, 4.69) is 12.2 Å². The van der Waals surface area contributed by atoms with Crippen LogP contribution in [0.25, 0.3) is 0 Å². The van der Waals surface area contributed by atoms with Gasteiger partial charge in [-0.1, -0.05) is 27.7 Å². The molecule has 1 aliphatic rings. The smallest absolute Gasteiger partial charge is 0.312 e. The van der Waals surface area contributed by atoms with Crippen LogP contribution in [0.1, 0.15) is 47.0 Å². The Hall–Kier alpha value is -1.26. The van der Waals surface area contributed by atoms with Gasteiger partial charge in [0.05, 0.1) is 0 Å². The normalized spacial score (nSPS) is 16.8. The SMILES string of the molecule is CCCN(CC1CC1)C(=O)[C@@H](NC(N)=O)C(C)(C)C. The first-order valence-corrected chi connectivity index (χ1v) is 7.10. The zero-order valence-electron chi connectivity index (χ0n) is 12.5. The molecule has 19 heavy (non-hydrogen) atoms. The Kier molecular flexibility index (Phi) is 5.20. The van der Waals surface area contributed by atoms with Gasteiger partial charge in [0.2, 0.25) is 5.91 Å². The van der Waals surface area contributed by atoms with Crippen LogP contribution in [-0.2, 0) is 4.79 Å². The summed E-state index contributed by atoms with van der Waals surface area (Å²) in [6.07, 6.45) is 3.33. The van der Waals surface area contributed by atoms with Gasteiger partial charge in [-0.3, -0.25) is 4.79 Å². The fraction of sp³-hybridized carbons (Fsp3) is 0.857. The molecule has 0 spiro atoms. The molecule has 1 saturated carbocycles. The third kappa shape index (κ3) is 5.09. The number of urea groups is 1. The number of hydrogen-bond acceptors (Lipinski definition) is 2. The molecule has 3 N–H and O–H groups in total. The van der Waals surface area contributed by atoms with E-state index in [1.165, 1.54) is 12.8 Å². The van der Waals surface area contributed by atoms with Crippen molar-refractivity contribution in [3.8, 4) is 0 Å². The number of primary amides is 1. The summed E-state index contributed by atoms with van der Waals surface area (Å²) in [6.45, 7) is 9.41. The quantitative estimate of drug-likeness (QED) is 0.770. The molecule has 5 nitrogen and oxygen atoms in total. The Balaban J connectivity index is 2.78. The molecule has 0 heterocycles. The van der Waals surface area contributed by atoms with Crippen LogP contribution in [0, 0.1) is 11.3 Å². The number of nitrogens with zero attached hydrogens (tertiary/aromatic N) is 1. The second kappa shape index (κ2) is 6.26. The summed E-state index contributed by atoms with van der Waals surface area (Å²) in [5.41, 5.74) is 4.85. The molecule has 0 aromatic heterocycles. The number of hydrogen-bond donors (Lipinski definition) is 2. The lowest BCUT2D eigenvalue weighted by Gasteiger charge is -2.34. The number of carbonyl (C=O) groups excluding carboxylic acids is 2. The molecule has 5 heteroatoms. The van der Waals surface area contributed by atoms with Crippen molar-refractivity contribution in [3.05, 3.63) is 0 Å². The van der Waals surface area contributed by atoms with E-state index in [1.807, 2.05) is 25.7 Å². The van der Waals surface area contributed by atoms with E-state index in [1.54, 1.807) is 0 Å². The maximum absolute atomic E-state index is 12.6. The predicted octanol–water partition coefficient (Wildman–Crippen LogP) is 1.72. The van der Waals surface area contributed by atoms with E-state index in [4.69, 9.17) is 5.73 Å². The first-order chi connectivity index (χ1) is 8.75. The van der Waals surface area contributed by atoms with Crippen LogP contribution in [0.3, 0.4) is 0 Å². The Morgan fingerprint density at radius 2 is 1.95 bits per heavy atom. The van der Waals surface area contributed by atoms with Crippen molar-refractivity contribution >= 4 is 11.9 Å². The second-order valence-electron chi connectivity index (χ2n) is 6.54. The van der Waals surface area contributed by atoms with E-state index in [-0.39, 0.29) is 11.3 Å². The Morgan fingerprint density at radius 1 is 1.37 bits per heavy atom. The molecular formula is C14H27N3O2. The van der Waals surface area contributed by atoms with Gasteiger partial charge >= 0.3 is 6.03 Å². The number of nitrogens with two attached hydrogens (primary N) is 1. The molecule has 0 radical (unpaired) electrons. The number of rotatable bonds is 6. The van der Waals surface area contributed by atoms with E-state index in [9.17, 15) is 9.59 Å². The first kappa shape index (κ1) is 15.8. The number of nitrogens with one attached hydrogen (secondary N) is 1. The van der Waals surface area contributed by atoms with Crippen LogP contribution in [0.2, 0.25) is 0 Å². The lowest BCUT2D eigenvalue weighted by Crippen LogP contribution is -2.56. The van der Waals surface area contributed by atoms with Gasteiger partial charge in [-0.05, 0) is 30.6 Å². The standard InChI is InChI=1S/C14H27N3O2/c1-5-8-17(9-10-6-7-10)12(18)11(14(2,3)4)16-13(15)19/h10-11H,5-9H2,1-4H3,(H3,15,16,19)/t11-/m1/s1. The zero-order chi connectivity index (χ0) is 14.6. The molecule has 0 bridgehead atoms. The fourth-order valence-corrected chi connectivity index (χ4v) is 2.15. The summed E-state index contributed by atoms with van der Waals surface area (Å²) in [6, 6.07) is -1.20. The van der Waals surface area contributed by atoms with Gasteiger partial charge in [0.1, 0.15) is 6.04 Å². The van der Waals surface area contributed by atoms with Gasteiger partial charge in [-0.15, -0.1) is 0 Å². The minimum absolute atomic E-state index is 0.0138. The first-order valence-electron chi connectivity index (χ1n) is 7.10. The van der Waals surface area contributed by atoms with E-state index in [0.717, 1.165) is 19.5 Å². The van der Waals surface area contributed by atoms with Crippen LogP contribution >= 0.6 is 0 Å². The second-order valence-corrected chi connectivity index (χ2v) is 6.54. The lowest BCUT2D eigenvalue weighted by molar-refractivity contribution is -0.136. The van der Waals surface area contributed by atoms with Crippen molar-refractivity contribution in [2.75, 3.05) is 13.1 Å². The molecule has 3 amide bonds. The summed E-state index contributed by atoms with van der Waals surface area (Å²) in [7, 11) is 0. The van der Waals surface area contributed by atoms with Crippen molar-refractivity contribution in [1.29, 1.82) is 0 Å². The van der Waals surface area contributed by atoms with Crippen LogP contribution in [0.4, 0.5) is 4.79 Å². The minimum atomic E-state index is -0.642. The summed E-state index contributed by atoms with van der Waals surface area (Å²) in [4.78, 5) is 25.6. The highest BCUT2D eigenvalue weighted by Crippen LogP contribution is 2.31. The van der Waals surface area contributed by atoms with Crippen LogP contribution in [0.15, 0.2) is 0 Å². The van der Waals surface area contributed by atoms with Gasteiger partial charge in [0, 0.05) is 13.1 Å². The molecular weight excluding hydrogens is 242 g/mol. The molecule has 1 atom stereocenters. The molecule has 0 aromatic rings. The summed E-state index contributed by atoms with van der Waals surface area (Å²) in [5, 5.41) is 2.60. The zero-order valence-corrected chi connectivity index (χ0v) is 12.5. The Morgan fingerprint density at radius 3 is 2.32 bits per heavy atom. The Labute approximate surface area is 115 Å². The van der Waals surface area contributed by atoms with Crippen LogP contribution in [0.5, 0.6) is 0 Å². The van der Waals surface area contributed by atoms with Gasteiger partial charge in [-0.25, -0.2) is 4.79 Å². The van der Waals surface area contributed by atoms with E-state index >= 15 is 0 Å². The van der Waals surface area contributed by atoms with Gasteiger partial charge in [0.25, 0.3) is 0 Å². The summed E-state index contributed by atoms with van der Waals surface area (Å²) >= 11 is 0. The third-order valence-corrected chi connectivity index (χ3v) is 3.38. The van der Waals surface area contributed by atoms with Crippen LogP contribution in [-0.4, -0.2) is 36.0 Å². The van der Waals surface area contributed by atoms with Crippen molar-refractivity contribution in [3.63, 3.8) is 0 Å². The molecule has 0 saturated heterocycles. The minimum Gasteiger partial charge on any atom is -0.352 e. The fourth-order valence-electron chi connectivity index (χ4n) is 2.15. The van der Waals surface area contributed by atoms with Gasteiger partial charge in [0.15, 0.2) is 0 Å². The monoisotopic (exact) mass is 269 g/mol. The van der Waals surface area contributed by atoms with Crippen molar-refractivity contribution in [2.24, 2.45) is 17.1 Å². The third-order valence-electron chi connectivity index (χ3n) is 3.38. The maximum Gasteiger partial charge on any atom is 0.312 e. The summed E-state index contributed by atoms with van der Waals surface area (Å²) in [5.74, 6) is 0.629. The van der Waals surface area contributed by atoms with Crippen molar-refractivity contribution < 1.29 is 9.59 Å². The largest absolute Gasteiger partial charge is 0.352 e. The van der Waals surface area contributed by atoms with E-state index < -0.39 is 12.1 Å². The highest BCUT2D eigenvalue weighted by molar-refractivity contribution is 5.87. The Bertz CT molecular complexity index is 332. The van der Waals surface area contributed by atoms with Crippen LogP contribution < -0.4 is 11.1 Å². The van der Waals surface area contributed by atoms with E-state index in [0.29, 0.717) is 5.92 Å². The highest BCUT2D eigenvalue weighted by Gasteiger charge is 2.36. The number of carbonyl (C=O) groups is 2. The topological polar surface area (TPSA) is 75.4 Å². The molecule has 0 aromatic carbocycles. The molecule has 1 aliphatic carbocycles. The van der Waals surface area contributed by atoms with Crippen molar-refractivity contribution in [2.45, 2.75) is 53.0 Å².